The molecule has 2 aliphatic heterocycles. The smallest absolute Gasteiger partial charge is 0.269 e. The van der Waals surface area contributed by atoms with Crippen LogP contribution in [0.4, 0.5) is 0 Å². The molecule has 11 heteroatoms. The van der Waals surface area contributed by atoms with E-state index in [1.807, 2.05) is 12.1 Å². The molecule has 3 aromatic heterocycles. The highest BCUT2D eigenvalue weighted by Gasteiger charge is 2.23. The van der Waals surface area contributed by atoms with Crippen molar-refractivity contribution in [1.29, 1.82) is 0 Å². The first-order valence-electron chi connectivity index (χ1n) is 12.2. The van der Waals surface area contributed by atoms with Crippen LogP contribution >= 0.6 is 0 Å². The molecule has 3 aromatic rings. The minimum absolute atomic E-state index is 0.121. The van der Waals surface area contributed by atoms with E-state index in [0.29, 0.717) is 42.7 Å². The largest absolute Gasteiger partial charge is 0.495 e. The molecule has 0 unspecified atom stereocenters. The lowest BCUT2D eigenvalue weighted by Crippen LogP contribution is -2.44. The number of hydrogen-bond donors (Lipinski definition) is 0. The highest BCUT2D eigenvalue weighted by molar-refractivity contribution is 6.04. The molecule has 5 heterocycles. The van der Waals surface area contributed by atoms with Gasteiger partial charge >= 0.3 is 0 Å². The average molecular weight is 478 g/mol. The first-order chi connectivity index (χ1) is 17.1. The monoisotopic (exact) mass is 478 g/mol. The maximum Gasteiger partial charge on any atom is 0.269 e. The number of ether oxygens (including phenoxy) is 3. The van der Waals surface area contributed by atoms with Crippen LogP contribution in [0, 0.1) is 0 Å². The zero-order chi connectivity index (χ0) is 24.2. The number of nitrogens with zero attached hydrogens (tertiary/aromatic N) is 6. The van der Waals surface area contributed by atoms with Crippen molar-refractivity contribution in [3.63, 3.8) is 0 Å². The van der Waals surface area contributed by atoms with E-state index in [0.717, 1.165) is 62.6 Å². The molecule has 0 atom stereocenters. The van der Waals surface area contributed by atoms with Gasteiger partial charge in [-0.2, -0.15) is 0 Å². The van der Waals surface area contributed by atoms with Gasteiger partial charge in [-0.15, -0.1) is 0 Å². The van der Waals surface area contributed by atoms with Gasteiger partial charge in [-0.25, -0.2) is 9.97 Å². The minimum atomic E-state index is -0.121. The van der Waals surface area contributed by atoms with E-state index in [-0.39, 0.29) is 5.56 Å². The molecule has 1 saturated heterocycles. The van der Waals surface area contributed by atoms with Crippen LogP contribution in [0.25, 0.3) is 11.2 Å². The maximum absolute atomic E-state index is 12.5. The Morgan fingerprint density at radius 1 is 1.06 bits per heavy atom. The zero-order valence-corrected chi connectivity index (χ0v) is 20.4. The van der Waals surface area contributed by atoms with Crippen molar-refractivity contribution in [2.45, 2.75) is 38.4 Å². The van der Waals surface area contributed by atoms with Crippen LogP contribution < -0.4 is 19.8 Å². The van der Waals surface area contributed by atoms with Crippen molar-refractivity contribution in [3.05, 3.63) is 46.8 Å². The number of fused-ring (bicyclic) bond motifs is 2. The molecule has 184 valence electrons. The van der Waals surface area contributed by atoms with Gasteiger partial charge in [-0.05, 0) is 25.9 Å². The fourth-order valence-corrected chi connectivity index (χ4v) is 4.78. The molecule has 0 aliphatic carbocycles. The van der Waals surface area contributed by atoms with Crippen molar-refractivity contribution in [2.24, 2.45) is 0 Å². The van der Waals surface area contributed by atoms with Crippen LogP contribution in [0.5, 0.6) is 17.2 Å². The first-order valence-corrected chi connectivity index (χ1v) is 12.2. The van der Waals surface area contributed by atoms with Gasteiger partial charge in [0.05, 0.1) is 50.1 Å². The molecule has 35 heavy (non-hydrogen) atoms. The summed E-state index contributed by atoms with van der Waals surface area (Å²) in [6.45, 7) is 5.49. The Balaban J connectivity index is 1.16. The predicted octanol–water partition coefficient (Wildman–Crippen LogP) is 0.871. The topological polar surface area (TPSA) is 94.8 Å². The summed E-state index contributed by atoms with van der Waals surface area (Å²) in [7, 11) is 3.75. The lowest BCUT2D eigenvalue weighted by atomic mass is 9.99. The van der Waals surface area contributed by atoms with Crippen LogP contribution in [0.3, 0.4) is 0 Å². The van der Waals surface area contributed by atoms with E-state index in [4.69, 9.17) is 14.2 Å². The molecular weight excluding hydrogens is 447 g/mol. The Bertz CT molecular complexity index is 1230. The molecule has 0 aromatic carbocycles. The number of methoxy groups -OCH3 is 1. The van der Waals surface area contributed by atoms with Crippen LogP contribution in [-0.4, -0.2) is 83.2 Å². The Morgan fingerprint density at radius 2 is 1.83 bits per heavy atom. The zero-order valence-electron chi connectivity index (χ0n) is 20.4. The lowest BCUT2D eigenvalue weighted by Gasteiger charge is -2.37. The normalized spacial score (nSPS) is 17.0. The van der Waals surface area contributed by atoms with E-state index in [9.17, 15) is 4.79 Å². The molecule has 0 N–H and O–H groups in total. The second-order valence-corrected chi connectivity index (χ2v) is 9.13. The quantitative estimate of drug-likeness (QED) is 0.459. The number of rotatable bonds is 7. The van der Waals surface area contributed by atoms with Gasteiger partial charge in [0.1, 0.15) is 5.75 Å². The summed E-state index contributed by atoms with van der Waals surface area (Å²) >= 11 is 0. The van der Waals surface area contributed by atoms with E-state index in [2.05, 4.69) is 32.6 Å². The Labute approximate surface area is 205 Å². The summed E-state index contributed by atoms with van der Waals surface area (Å²) < 4.78 is 18.5. The van der Waals surface area contributed by atoms with Gasteiger partial charge in [-0.3, -0.25) is 9.78 Å². The highest BCUT2D eigenvalue weighted by atomic mass is 16.5. The third-order valence-corrected chi connectivity index (χ3v) is 6.84. The van der Waals surface area contributed by atoms with Crippen molar-refractivity contribution >= 4 is 19.1 Å². The molecule has 1 fully saturated rings. The second kappa shape index (κ2) is 10.6. The van der Waals surface area contributed by atoms with Gasteiger partial charge in [0.25, 0.3) is 5.56 Å². The van der Waals surface area contributed by atoms with Crippen LogP contribution in [0.2, 0.25) is 0 Å². The van der Waals surface area contributed by atoms with Crippen LogP contribution in [-0.2, 0) is 13.1 Å². The second-order valence-electron chi connectivity index (χ2n) is 9.13. The van der Waals surface area contributed by atoms with Gasteiger partial charge in [0.2, 0.25) is 0 Å². The molecule has 0 saturated carbocycles. The SMILES string of the molecule is BN(Cc1cc2c(cn1)OCCCO2)C1CCN(CCn2c(=O)cnc3ncc(OC)cc32)CC1. The van der Waals surface area contributed by atoms with E-state index in [1.54, 1.807) is 24.1 Å². The third kappa shape index (κ3) is 5.41. The van der Waals surface area contributed by atoms with Gasteiger partial charge in [-0.1, -0.05) is 0 Å². The van der Waals surface area contributed by atoms with Crippen molar-refractivity contribution in [3.8, 4) is 17.2 Å². The van der Waals surface area contributed by atoms with Crippen molar-refractivity contribution in [1.82, 2.24) is 29.2 Å². The summed E-state index contributed by atoms with van der Waals surface area (Å²) in [5.74, 6) is 2.14. The summed E-state index contributed by atoms with van der Waals surface area (Å²) in [6.07, 6.45) is 7.77. The van der Waals surface area contributed by atoms with Crippen LogP contribution in [0.1, 0.15) is 25.0 Å². The van der Waals surface area contributed by atoms with Gasteiger partial charge in [0.15, 0.2) is 25.1 Å². The summed E-state index contributed by atoms with van der Waals surface area (Å²) in [5, 5.41) is 0. The number of hydrogen-bond acceptors (Lipinski definition) is 9. The number of piperidine rings is 1. The first kappa shape index (κ1) is 23.6. The minimum Gasteiger partial charge on any atom is -0.495 e. The van der Waals surface area contributed by atoms with Crippen molar-refractivity contribution in [2.75, 3.05) is 40.0 Å². The van der Waals surface area contributed by atoms with Crippen molar-refractivity contribution < 1.29 is 14.2 Å². The van der Waals surface area contributed by atoms with Crippen LogP contribution in [0.15, 0.2) is 35.5 Å². The van der Waals surface area contributed by atoms with Gasteiger partial charge in [0, 0.05) is 44.2 Å². The van der Waals surface area contributed by atoms with E-state index < -0.39 is 0 Å². The van der Waals surface area contributed by atoms with E-state index >= 15 is 0 Å². The van der Waals surface area contributed by atoms with Gasteiger partial charge < -0.3 is 28.5 Å². The fraction of sp³-hybridized carbons (Fsp3) is 0.500. The molecule has 0 bridgehead atoms. The lowest BCUT2D eigenvalue weighted by molar-refractivity contribution is 0.153. The number of likely N-dealkylation sites (tertiary alicyclic amines) is 1. The molecule has 2 aliphatic rings. The molecule has 5 rings (SSSR count). The maximum atomic E-state index is 12.5. The third-order valence-electron chi connectivity index (χ3n) is 6.84. The number of aromatic nitrogens is 4. The Morgan fingerprint density at radius 3 is 2.63 bits per heavy atom. The summed E-state index contributed by atoms with van der Waals surface area (Å²) in [4.78, 5) is 30.4. The Kier molecular flexibility index (Phi) is 7.15. The highest BCUT2D eigenvalue weighted by Crippen LogP contribution is 2.29. The Hall–Kier alpha value is -3.18. The predicted molar refractivity (Wildman–Crippen MR) is 134 cm³/mol. The molecule has 0 amide bonds. The molecular formula is C24H31BN6O4. The molecule has 10 nitrogen and oxygen atoms in total. The summed E-state index contributed by atoms with van der Waals surface area (Å²) in [5.41, 5.74) is 2.13. The number of pyridine rings is 2. The standard InChI is InChI=1S/C24H31BN6O4/c1-33-19-12-20-24(27-13-19)28-15-23(32)30(20)8-7-29-5-3-18(4-6-29)31(25)16-17-11-21-22(14-26-17)35-10-2-9-34-21/h11-15,18H,2-10,16,25H2,1H3. The average Bonchev–Trinajstić information content (AvgIpc) is 3.13. The van der Waals surface area contributed by atoms with E-state index in [1.165, 1.54) is 6.20 Å². The molecule has 0 spiro atoms. The molecule has 0 radical (unpaired) electrons. The fourth-order valence-electron chi connectivity index (χ4n) is 4.78. The summed E-state index contributed by atoms with van der Waals surface area (Å²) in [6, 6.07) is 4.32.